The number of benzene rings is 1. The predicted octanol–water partition coefficient (Wildman–Crippen LogP) is 4.47. The van der Waals surface area contributed by atoms with Crippen LogP contribution in [0.25, 0.3) is 0 Å². The number of rotatable bonds is 2. The van der Waals surface area contributed by atoms with Crippen LogP contribution in [-0.4, -0.2) is 11.0 Å². The Morgan fingerprint density at radius 2 is 2.05 bits per heavy atom. The minimum atomic E-state index is 0.430. The van der Waals surface area contributed by atoms with Crippen molar-refractivity contribution in [3.05, 3.63) is 57.2 Å². The number of hydrogen-bond acceptors (Lipinski definition) is 2. The molecular weight excluding hydrogens is 324 g/mol. The molecule has 0 aliphatic heterocycles. The van der Waals surface area contributed by atoms with E-state index in [4.69, 9.17) is 11.6 Å². The van der Waals surface area contributed by atoms with Gasteiger partial charge in [-0.3, -0.25) is 0 Å². The average molecular weight is 338 g/mol. The molecule has 0 radical (unpaired) electrons. The normalized spacial score (nSPS) is 17.9. The van der Waals surface area contributed by atoms with Gasteiger partial charge in [-0.2, -0.15) is 0 Å². The lowest BCUT2D eigenvalue weighted by Crippen LogP contribution is -2.27. The Hall–Kier alpha value is -1.06. The summed E-state index contributed by atoms with van der Waals surface area (Å²) in [5, 5.41) is 4.15. The van der Waals surface area contributed by atoms with Gasteiger partial charge in [-0.15, -0.1) is 0 Å². The summed E-state index contributed by atoms with van der Waals surface area (Å²) in [6.45, 7) is 0. The number of fused-ring (bicyclic) bond motifs is 1. The number of nitrogens with one attached hydrogen (secondary N) is 1. The van der Waals surface area contributed by atoms with E-state index in [1.54, 1.807) is 6.20 Å². The summed E-state index contributed by atoms with van der Waals surface area (Å²) in [5.74, 6) is 0.869. The van der Waals surface area contributed by atoms with Crippen LogP contribution >= 0.6 is 27.5 Å². The standard InChI is InChI=1S/C15H14BrClN2/c16-14-8-12(17)9-18-15(14)19-13-6-5-10-3-1-2-4-11(10)7-13/h1-4,8-9,13H,5-7H2,(H,18,19). The minimum absolute atomic E-state index is 0.430. The predicted molar refractivity (Wildman–Crippen MR) is 82.8 cm³/mol. The third-order valence-electron chi connectivity index (χ3n) is 3.50. The van der Waals surface area contributed by atoms with Crippen molar-refractivity contribution in [2.45, 2.75) is 25.3 Å². The van der Waals surface area contributed by atoms with Crippen molar-refractivity contribution in [2.75, 3.05) is 5.32 Å². The molecule has 1 aliphatic rings. The third kappa shape index (κ3) is 2.93. The SMILES string of the molecule is Clc1cnc(NC2CCc3ccccc3C2)c(Br)c1. The van der Waals surface area contributed by atoms with E-state index in [0.717, 1.165) is 29.6 Å². The molecule has 0 saturated heterocycles. The van der Waals surface area contributed by atoms with E-state index < -0.39 is 0 Å². The zero-order chi connectivity index (χ0) is 13.2. The largest absolute Gasteiger partial charge is 0.366 e. The van der Waals surface area contributed by atoms with Crippen LogP contribution in [0.1, 0.15) is 17.5 Å². The number of anilines is 1. The maximum atomic E-state index is 5.91. The van der Waals surface area contributed by atoms with Gasteiger partial charge in [0.1, 0.15) is 5.82 Å². The molecule has 98 valence electrons. The maximum absolute atomic E-state index is 5.91. The van der Waals surface area contributed by atoms with Crippen LogP contribution in [0.5, 0.6) is 0 Å². The second-order valence-electron chi connectivity index (χ2n) is 4.84. The molecule has 0 bridgehead atoms. The summed E-state index contributed by atoms with van der Waals surface area (Å²) in [5.41, 5.74) is 2.92. The first-order valence-corrected chi connectivity index (χ1v) is 7.54. The Bertz CT molecular complexity index is 600. The lowest BCUT2D eigenvalue weighted by atomic mass is 9.88. The van der Waals surface area contributed by atoms with Gasteiger partial charge in [0.2, 0.25) is 0 Å². The summed E-state index contributed by atoms with van der Waals surface area (Å²) >= 11 is 9.40. The lowest BCUT2D eigenvalue weighted by molar-refractivity contribution is 0.608. The molecule has 0 amide bonds. The Kier molecular flexibility index (Phi) is 3.76. The Morgan fingerprint density at radius 1 is 1.26 bits per heavy atom. The Morgan fingerprint density at radius 3 is 2.84 bits per heavy atom. The van der Waals surface area contributed by atoms with Crippen molar-refractivity contribution >= 4 is 33.3 Å². The van der Waals surface area contributed by atoms with Gasteiger partial charge in [0.15, 0.2) is 0 Å². The van der Waals surface area contributed by atoms with E-state index in [0.29, 0.717) is 11.1 Å². The van der Waals surface area contributed by atoms with E-state index in [2.05, 4.69) is 50.5 Å². The van der Waals surface area contributed by atoms with Gasteiger partial charge in [-0.25, -0.2) is 4.98 Å². The molecule has 1 aromatic carbocycles. The summed E-state index contributed by atoms with van der Waals surface area (Å²) in [7, 11) is 0. The number of aryl methyl sites for hydroxylation is 1. The minimum Gasteiger partial charge on any atom is -0.366 e. The Balaban J connectivity index is 1.75. The van der Waals surface area contributed by atoms with Crippen molar-refractivity contribution < 1.29 is 0 Å². The quantitative estimate of drug-likeness (QED) is 0.874. The molecule has 0 saturated carbocycles. The van der Waals surface area contributed by atoms with E-state index in [9.17, 15) is 0 Å². The molecule has 3 rings (SSSR count). The topological polar surface area (TPSA) is 24.9 Å². The molecule has 4 heteroatoms. The average Bonchev–Trinajstić information content (AvgIpc) is 2.42. The van der Waals surface area contributed by atoms with Gasteiger partial charge in [0.05, 0.1) is 9.50 Å². The first-order valence-electron chi connectivity index (χ1n) is 6.37. The fraction of sp³-hybridized carbons (Fsp3) is 0.267. The van der Waals surface area contributed by atoms with Crippen molar-refractivity contribution in [1.82, 2.24) is 4.98 Å². The van der Waals surface area contributed by atoms with E-state index >= 15 is 0 Å². The van der Waals surface area contributed by atoms with Crippen LogP contribution in [0.4, 0.5) is 5.82 Å². The fourth-order valence-corrected chi connectivity index (χ4v) is 3.29. The van der Waals surface area contributed by atoms with Crippen LogP contribution in [0.15, 0.2) is 41.0 Å². The molecule has 19 heavy (non-hydrogen) atoms. The molecule has 1 unspecified atom stereocenters. The fourth-order valence-electron chi connectivity index (χ4n) is 2.54. The van der Waals surface area contributed by atoms with Crippen molar-refractivity contribution in [2.24, 2.45) is 0 Å². The molecular formula is C15H14BrClN2. The van der Waals surface area contributed by atoms with Crippen LogP contribution in [0, 0.1) is 0 Å². The molecule has 0 fully saturated rings. The van der Waals surface area contributed by atoms with Crippen molar-refractivity contribution in [3.63, 3.8) is 0 Å². The summed E-state index contributed by atoms with van der Waals surface area (Å²) < 4.78 is 0.916. The van der Waals surface area contributed by atoms with Crippen molar-refractivity contribution in [3.8, 4) is 0 Å². The maximum Gasteiger partial charge on any atom is 0.140 e. The van der Waals surface area contributed by atoms with Gasteiger partial charge in [-0.1, -0.05) is 35.9 Å². The molecule has 0 spiro atoms. The number of nitrogens with zero attached hydrogens (tertiary/aromatic N) is 1. The third-order valence-corrected chi connectivity index (χ3v) is 4.31. The zero-order valence-electron chi connectivity index (χ0n) is 10.4. The first-order chi connectivity index (χ1) is 9.22. The van der Waals surface area contributed by atoms with Gasteiger partial charge in [0, 0.05) is 12.2 Å². The van der Waals surface area contributed by atoms with Crippen molar-refractivity contribution in [1.29, 1.82) is 0 Å². The van der Waals surface area contributed by atoms with Crippen LogP contribution < -0.4 is 5.32 Å². The first kappa shape index (κ1) is 12.9. The monoisotopic (exact) mass is 336 g/mol. The molecule has 2 aromatic rings. The smallest absolute Gasteiger partial charge is 0.140 e. The van der Waals surface area contributed by atoms with Crippen LogP contribution in [0.3, 0.4) is 0 Å². The highest BCUT2D eigenvalue weighted by atomic mass is 79.9. The van der Waals surface area contributed by atoms with Gasteiger partial charge in [0.25, 0.3) is 0 Å². The molecule has 1 aromatic heterocycles. The molecule has 2 nitrogen and oxygen atoms in total. The molecule has 1 N–H and O–H groups in total. The van der Waals surface area contributed by atoms with E-state index in [1.807, 2.05) is 6.07 Å². The number of hydrogen-bond donors (Lipinski definition) is 1. The zero-order valence-corrected chi connectivity index (χ0v) is 12.7. The number of pyridine rings is 1. The molecule has 1 atom stereocenters. The molecule has 1 heterocycles. The summed E-state index contributed by atoms with van der Waals surface area (Å²) in [6, 6.07) is 11.0. The van der Waals surface area contributed by atoms with Gasteiger partial charge in [-0.05, 0) is 52.4 Å². The van der Waals surface area contributed by atoms with E-state index in [1.165, 1.54) is 11.1 Å². The second-order valence-corrected chi connectivity index (χ2v) is 6.13. The molecule has 1 aliphatic carbocycles. The lowest BCUT2D eigenvalue weighted by Gasteiger charge is -2.26. The second kappa shape index (κ2) is 5.51. The van der Waals surface area contributed by atoms with Gasteiger partial charge >= 0.3 is 0 Å². The summed E-state index contributed by atoms with van der Waals surface area (Å²) in [6.07, 6.45) is 4.98. The van der Waals surface area contributed by atoms with Crippen LogP contribution in [-0.2, 0) is 12.8 Å². The highest BCUT2D eigenvalue weighted by Crippen LogP contribution is 2.27. The van der Waals surface area contributed by atoms with Gasteiger partial charge < -0.3 is 5.32 Å². The van der Waals surface area contributed by atoms with E-state index in [-0.39, 0.29) is 0 Å². The highest BCUT2D eigenvalue weighted by Gasteiger charge is 2.19. The summed E-state index contributed by atoms with van der Waals surface area (Å²) in [4.78, 5) is 4.34. The van der Waals surface area contributed by atoms with Crippen LogP contribution in [0.2, 0.25) is 5.02 Å². The highest BCUT2D eigenvalue weighted by molar-refractivity contribution is 9.10. The number of halogens is 2. The number of aromatic nitrogens is 1. The Labute approximate surface area is 126 Å².